The number of hydrogen-bond acceptors (Lipinski definition) is 9. The molecular formula is C19H20N6O5S. The smallest absolute Gasteiger partial charge is 0.354 e. The molecule has 3 N–H and O–H groups in total. The van der Waals surface area contributed by atoms with E-state index >= 15 is 0 Å². The van der Waals surface area contributed by atoms with Gasteiger partial charge in [0.15, 0.2) is 0 Å². The number of hydrogen-bond donors (Lipinski definition) is 3. The average molecular weight is 444 g/mol. The summed E-state index contributed by atoms with van der Waals surface area (Å²) >= 11 is 0. The van der Waals surface area contributed by atoms with E-state index < -0.39 is 20.6 Å². The maximum absolute atomic E-state index is 12.5. The molecular weight excluding hydrogens is 424 g/mol. The number of rotatable bonds is 8. The Balaban J connectivity index is 1.91. The molecule has 3 rings (SSSR count). The van der Waals surface area contributed by atoms with Gasteiger partial charge in [0.1, 0.15) is 12.1 Å². The second kappa shape index (κ2) is 8.93. The van der Waals surface area contributed by atoms with Crippen LogP contribution in [-0.4, -0.2) is 30.4 Å². The minimum absolute atomic E-state index is 0.00912. The van der Waals surface area contributed by atoms with E-state index in [1.54, 1.807) is 24.3 Å². The van der Waals surface area contributed by atoms with Crippen LogP contribution in [0.3, 0.4) is 0 Å². The number of aryl methyl sites for hydroxylation is 2. The Kier molecular flexibility index (Phi) is 6.32. The minimum Gasteiger partial charge on any atom is -0.495 e. The van der Waals surface area contributed by atoms with Crippen LogP contribution in [0.2, 0.25) is 0 Å². The molecule has 0 atom stereocenters. The summed E-state index contributed by atoms with van der Waals surface area (Å²) in [4.78, 5) is 20.9. The van der Waals surface area contributed by atoms with Gasteiger partial charge in [-0.2, -0.15) is 0 Å². The highest BCUT2D eigenvalue weighted by Gasteiger charge is 2.25. The summed E-state index contributed by atoms with van der Waals surface area (Å²) in [6, 6.07) is 11.4. The Hall–Kier alpha value is -3.77. The van der Waals surface area contributed by atoms with Crippen molar-refractivity contribution in [3.05, 3.63) is 70.0 Å². The van der Waals surface area contributed by atoms with Crippen molar-refractivity contribution in [3.8, 4) is 5.75 Å². The Morgan fingerprint density at radius 1 is 1.00 bits per heavy atom. The summed E-state index contributed by atoms with van der Waals surface area (Å²) in [6.45, 7) is 3.68. The maximum atomic E-state index is 12.5. The summed E-state index contributed by atoms with van der Waals surface area (Å²) in [5.41, 5.74) is 4.00. The Bertz CT molecular complexity index is 1210. The number of nitrogens with one attached hydrogen (secondary N) is 3. The zero-order valence-corrected chi connectivity index (χ0v) is 17.7. The van der Waals surface area contributed by atoms with Crippen molar-refractivity contribution in [2.45, 2.75) is 18.7 Å². The predicted molar refractivity (Wildman–Crippen MR) is 115 cm³/mol. The first kappa shape index (κ1) is 21.9. The van der Waals surface area contributed by atoms with Crippen molar-refractivity contribution in [3.63, 3.8) is 0 Å². The number of sulfonamides is 1. The molecule has 0 aliphatic carbocycles. The molecule has 12 heteroatoms. The molecule has 0 spiro atoms. The monoisotopic (exact) mass is 444 g/mol. The molecule has 0 fully saturated rings. The Labute approximate surface area is 178 Å². The van der Waals surface area contributed by atoms with E-state index in [0.717, 1.165) is 17.5 Å². The summed E-state index contributed by atoms with van der Waals surface area (Å²) < 4.78 is 30.2. The number of benzene rings is 2. The zero-order valence-electron chi connectivity index (χ0n) is 16.9. The molecule has 11 nitrogen and oxygen atoms in total. The number of methoxy groups -OCH3 is 1. The summed E-state index contributed by atoms with van der Waals surface area (Å²) in [5, 5.41) is 14.6. The molecule has 0 saturated carbocycles. The van der Waals surface area contributed by atoms with Crippen LogP contribution < -0.4 is 20.3 Å². The Morgan fingerprint density at radius 3 is 2.29 bits per heavy atom. The van der Waals surface area contributed by atoms with E-state index in [4.69, 9.17) is 4.74 Å². The molecule has 1 heterocycles. The molecule has 2 aromatic carbocycles. The highest BCUT2D eigenvalue weighted by atomic mass is 32.2. The normalized spacial score (nSPS) is 11.1. The van der Waals surface area contributed by atoms with Crippen molar-refractivity contribution in [2.75, 3.05) is 17.9 Å². The first-order chi connectivity index (χ1) is 14.7. The molecule has 0 saturated heterocycles. The molecule has 0 amide bonds. The van der Waals surface area contributed by atoms with Gasteiger partial charge in [-0.25, -0.2) is 18.4 Å². The van der Waals surface area contributed by atoms with E-state index in [1.165, 1.54) is 19.2 Å². The average Bonchev–Trinajstić information content (AvgIpc) is 2.72. The Morgan fingerprint density at radius 2 is 1.65 bits per heavy atom. The van der Waals surface area contributed by atoms with Gasteiger partial charge < -0.3 is 10.1 Å². The number of aromatic nitrogens is 2. The number of nitro groups is 1. The molecule has 162 valence electrons. The second-order valence-corrected chi connectivity index (χ2v) is 8.23. The molecule has 1 aromatic heterocycles. The quantitative estimate of drug-likeness (QED) is 0.352. The van der Waals surface area contributed by atoms with Crippen molar-refractivity contribution in [2.24, 2.45) is 0 Å². The fourth-order valence-electron chi connectivity index (χ4n) is 2.67. The predicted octanol–water partition coefficient (Wildman–Crippen LogP) is 3.06. The third-order valence-corrected chi connectivity index (χ3v) is 5.51. The number of nitrogens with zero attached hydrogens (tertiary/aromatic N) is 3. The third-order valence-electron chi connectivity index (χ3n) is 4.25. The first-order valence-electron chi connectivity index (χ1n) is 8.97. The van der Waals surface area contributed by atoms with Crippen molar-refractivity contribution in [1.29, 1.82) is 0 Å². The largest absolute Gasteiger partial charge is 0.495 e. The summed E-state index contributed by atoms with van der Waals surface area (Å²) in [7, 11) is -2.52. The molecule has 0 bridgehead atoms. The highest BCUT2D eigenvalue weighted by molar-refractivity contribution is 7.89. The van der Waals surface area contributed by atoms with Crippen LogP contribution in [0.4, 0.5) is 23.0 Å². The van der Waals surface area contributed by atoms with Crippen molar-refractivity contribution in [1.82, 2.24) is 14.8 Å². The van der Waals surface area contributed by atoms with Gasteiger partial charge in [-0.3, -0.25) is 15.5 Å². The fourth-order valence-corrected chi connectivity index (χ4v) is 3.52. The van der Waals surface area contributed by atoms with Crippen LogP contribution in [0.15, 0.2) is 53.7 Å². The molecule has 0 unspecified atom stereocenters. The summed E-state index contributed by atoms with van der Waals surface area (Å²) in [6.07, 6.45) is 1.07. The van der Waals surface area contributed by atoms with Gasteiger partial charge in [0.05, 0.1) is 22.6 Å². The standard InChI is InChI=1S/C19H20N6O5S/c1-12-4-7-14(8-5-12)31(28,29)24-23-19-17(25(26)27)18(20-11-21-19)22-15-10-13(2)6-9-16(15)30-3/h4-11,24H,1-3H3,(H2,20,21,22,23). The lowest BCUT2D eigenvalue weighted by atomic mass is 10.2. The zero-order chi connectivity index (χ0) is 22.6. The lowest BCUT2D eigenvalue weighted by Gasteiger charge is -2.13. The van der Waals surface area contributed by atoms with E-state index in [2.05, 4.69) is 25.5 Å². The van der Waals surface area contributed by atoms with Crippen LogP contribution in [0.25, 0.3) is 0 Å². The van der Waals surface area contributed by atoms with Gasteiger partial charge in [-0.05, 0) is 43.7 Å². The topological polar surface area (TPSA) is 148 Å². The number of ether oxygens (including phenoxy) is 1. The molecule has 0 radical (unpaired) electrons. The van der Waals surface area contributed by atoms with E-state index in [9.17, 15) is 18.5 Å². The van der Waals surface area contributed by atoms with E-state index in [1.807, 2.05) is 19.9 Å². The fraction of sp³-hybridized carbons (Fsp3) is 0.158. The number of anilines is 3. The third kappa shape index (κ3) is 5.05. The van der Waals surface area contributed by atoms with Crippen LogP contribution >= 0.6 is 0 Å². The minimum atomic E-state index is -3.99. The van der Waals surface area contributed by atoms with Crippen molar-refractivity contribution < 1.29 is 18.1 Å². The van der Waals surface area contributed by atoms with Gasteiger partial charge in [0, 0.05) is 0 Å². The molecule has 0 aliphatic rings. The second-order valence-electron chi connectivity index (χ2n) is 6.55. The van der Waals surface area contributed by atoms with Gasteiger partial charge in [-0.15, -0.1) is 4.83 Å². The van der Waals surface area contributed by atoms with E-state index in [-0.39, 0.29) is 16.5 Å². The van der Waals surface area contributed by atoms with E-state index in [0.29, 0.717) is 11.4 Å². The van der Waals surface area contributed by atoms with Crippen LogP contribution in [0.5, 0.6) is 5.75 Å². The van der Waals surface area contributed by atoms with Crippen molar-refractivity contribution >= 4 is 33.0 Å². The SMILES string of the molecule is COc1ccc(C)cc1Nc1ncnc(NNS(=O)(=O)c2ccc(C)cc2)c1[N+](=O)[O-]. The van der Waals surface area contributed by atoms with Crippen LogP contribution in [0.1, 0.15) is 11.1 Å². The lowest BCUT2D eigenvalue weighted by molar-refractivity contribution is -0.383. The lowest BCUT2D eigenvalue weighted by Crippen LogP contribution is -2.30. The molecule has 31 heavy (non-hydrogen) atoms. The molecule has 0 aliphatic heterocycles. The highest BCUT2D eigenvalue weighted by Crippen LogP contribution is 2.34. The van der Waals surface area contributed by atoms with Gasteiger partial charge in [0.2, 0.25) is 11.6 Å². The van der Waals surface area contributed by atoms with Gasteiger partial charge in [0.25, 0.3) is 10.0 Å². The van der Waals surface area contributed by atoms with Gasteiger partial charge >= 0.3 is 5.69 Å². The molecule has 3 aromatic rings. The number of hydrazine groups is 1. The van der Waals surface area contributed by atoms with Gasteiger partial charge in [-0.1, -0.05) is 23.8 Å². The first-order valence-corrected chi connectivity index (χ1v) is 10.4. The maximum Gasteiger partial charge on any atom is 0.354 e. The summed E-state index contributed by atoms with van der Waals surface area (Å²) in [5.74, 6) is -0.0150. The van der Waals surface area contributed by atoms with Crippen LogP contribution in [-0.2, 0) is 10.0 Å². The van der Waals surface area contributed by atoms with Crippen LogP contribution in [0, 0.1) is 24.0 Å².